The Morgan fingerprint density at radius 2 is 2.13 bits per heavy atom. The first-order valence-corrected chi connectivity index (χ1v) is 10.9. The van der Waals surface area contributed by atoms with Crippen molar-refractivity contribution in [2.24, 2.45) is 0 Å². The van der Waals surface area contributed by atoms with Crippen molar-refractivity contribution in [2.75, 3.05) is 37.9 Å². The van der Waals surface area contributed by atoms with Crippen LogP contribution in [0.3, 0.4) is 0 Å². The van der Waals surface area contributed by atoms with Crippen LogP contribution in [0.15, 0.2) is 24.4 Å². The minimum atomic E-state index is 0.215. The first kappa shape index (κ1) is 21.3. The standard InChI is InChI=1S/C22H31N7O2/c1-3-31-10-9-24-21-20-18(27-22(23)28-21)13-26-29(20)14-16-8-7-15(11-19(16)30-2)12-25-17-5-4-6-17/h7-8,11,13,17,25H,3-6,9-10,12,14H2,1-2H3,(H3,23,24,27,28). The second-order valence-electron chi connectivity index (χ2n) is 7.75. The molecule has 9 heteroatoms. The number of rotatable bonds is 11. The molecule has 3 aromatic rings. The molecule has 2 aromatic heterocycles. The molecule has 0 radical (unpaired) electrons. The largest absolute Gasteiger partial charge is 0.496 e. The van der Waals surface area contributed by atoms with Crippen LogP contribution in [0.25, 0.3) is 11.0 Å². The van der Waals surface area contributed by atoms with Crippen LogP contribution in [0.5, 0.6) is 5.75 Å². The molecule has 1 aromatic carbocycles. The fourth-order valence-corrected chi connectivity index (χ4v) is 3.71. The van der Waals surface area contributed by atoms with Crippen LogP contribution in [0.1, 0.15) is 37.3 Å². The topological polar surface area (TPSA) is 112 Å². The van der Waals surface area contributed by atoms with Gasteiger partial charge in [0.25, 0.3) is 0 Å². The van der Waals surface area contributed by atoms with Gasteiger partial charge < -0.3 is 25.8 Å². The monoisotopic (exact) mass is 425 g/mol. The summed E-state index contributed by atoms with van der Waals surface area (Å²) in [5.74, 6) is 1.71. The van der Waals surface area contributed by atoms with Crippen LogP contribution >= 0.6 is 0 Å². The van der Waals surface area contributed by atoms with Gasteiger partial charge >= 0.3 is 0 Å². The van der Waals surface area contributed by atoms with Gasteiger partial charge in [-0.3, -0.25) is 4.68 Å². The highest BCUT2D eigenvalue weighted by atomic mass is 16.5. The van der Waals surface area contributed by atoms with Gasteiger partial charge in [-0.25, -0.2) is 4.98 Å². The normalized spacial score (nSPS) is 14.0. The fourth-order valence-electron chi connectivity index (χ4n) is 3.71. The van der Waals surface area contributed by atoms with Gasteiger partial charge in [0.05, 0.1) is 26.5 Å². The highest BCUT2D eigenvalue weighted by molar-refractivity contribution is 5.86. The number of aromatic nitrogens is 4. The van der Waals surface area contributed by atoms with Gasteiger partial charge in [0.1, 0.15) is 16.8 Å². The van der Waals surface area contributed by atoms with Crippen molar-refractivity contribution in [3.63, 3.8) is 0 Å². The van der Waals surface area contributed by atoms with E-state index < -0.39 is 0 Å². The van der Waals surface area contributed by atoms with Crippen molar-refractivity contribution in [3.05, 3.63) is 35.5 Å². The molecule has 0 amide bonds. The Bertz CT molecular complexity index is 1020. The zero-order chi connectivity index (χ0) is 21.6. The zero-order valence-corrected chi connectivity index (χ0v) is 18.2. The number of hydrogen-bond donors (Lipinski definition) is 3. The number of nitrogen functional groups attached to an aromatic ring is 1. The van der Waals surface area contributed by atoms with Gasteiger partial charge in [-0.2, -0.15) is 10.1 Å². The molecular formula is C22H31N7O2. The van der Waals surface area contributed by atoms with Gasteiger partial charge in [-0.1, -0.05) is 18.6 Å². The lowest BCUT2D eigenvalue weighted by Crippen LogP contribution is -2.34. The average Bonchev–Trinajstić information content (AvgIpc) is 3.13. The van der Waals surface area contributed by atoms with Crippen molar-refractivity contribution in [1.82, 2.24) is 25.1 Å². The molecule has 0 aliphatic heterocycles. The predicted molar refractivity (Wildman–Crippen MR) is 121 cm³/mol. The highest BCUT2D eigenvalue weighted by Crippen LogP contribution is 2.26. The Morgan fingerprint density at radius 3 is 2.87 bits per heavy atom. The van der Waals surface area contributed by atoms with E-state index in [9.17, 15) is 0 Å². The molecule has 31 heavy (non-hydrogen) atoms. The third kappa shape index (κ3) is 5.05. The SMILES string of the molecule is CCOCCNc1nc(N)nc2cnn(Cc3ccc(CNC4CCC4)cc3OC)c12. The Balaban J connectivity index is 1.54. The minimum absolute atomic E-state index is 0.215. The van der Waals surface area contributed by atoms with Crippen LogP contribution in [0.2, 0.25) is 0 Å². The Hall–Kier alpha value is -2.91. The molecule has 1 fully saturated rings. The summed E-state index contributed by atoms with van der Waals surface area (Å²) in [6, 6.07) is 7.00. The maximum atomic E-state index is 5.89. The molecule has 0 spiro atoms. The molecule has 4 N–H and O–H groups in total. The molecular weight excluding hydrogens is 394 g/mol. The van der Waals surface area contributed by atoms with Crippen molar-refractivity contribution >= 4 is 22.8 Å². The number of methoxy groups -OCH3 is 1. The number of hydrogen-bond acceptors (Lipinski definition) is 8. The average molecular weight is 426 g/mol. The number of nitrogens with two attached hydrogens (primary N) is 1. The van der Waals surface area contributed by atoms with E-state index in [2.05, 4.69) is 43.9 Å². The Labute approximate surface area is 182 Å². The number of benzene rings is 1. The lowest BCUT2D eigenvalue weighted by atomic mass is 9.93. The van der Waals surface area contributed by atoms with E-state index in [1.54, 1.807) is 13.3 Å². The molecule has 0 saturated heterocycles. The Morgan fingerprint density at radius 1 is 1.26 bits per heavy atom. The highest BCUT2D eigenvalue weighted by Gasteiger charge is 2.17. The second-order valence-corrected chi connectivity index (χ2v) is 7.75. The van der Waals surface area contributed by atoms with E-state index in [1.165, 1.54) is 24.8 Å². The van der Waals surface area contributed by atoms with E-state index in [-0.39, 0.29) is 5.95 Å². The van der Waals surface area contributed by atoms with E-state index in [0.717, 1.165) is 23.4 Å². The fraction of sp³-hybridized carbons (Fsp3) is 0.500. The lowest BCUT2D eigenvalue weighted by molar-refractivity contribution is 0.158. The zero-order valence-electron chi connectivity index (χ0n) is 18.2. The third-order valence-corrected chi connectivity index (χ3v) is 5.62. The van der Waals surface area contributed by atoms with Crippen LogP contribution in [0, 0.1) is 0 Å². The number of nitrogens with one attached hydrogen (secondary N) is 2. The first-order chi connectivity index (χ1) is 15.2. The first-order valence-electron chi connectivity index (χ1n) is 10.9. The smallest absolute Gasteiger partial charge is 0.222 e. The summed E-state index contributed by atoms with van der Waals surface area (Å²) >= 11 is 0. The molecule has 0 atom stereocenters. The quantitative estimate of drug-likeness (QED) is 0.402. The van der Waals surface area contributed by atoms with Gasteiger partial charge in [0, 0.05) is 31.3 Å². The predicted octanol–water partition coefficient (Wildman–Crippen LogP) is 2.56. The molecule has 4 rings (SSSR count). The molecule has 0 unspecified atom stereocenters. The van der Waals surface area contributed by atoms with E-state index >= 15 is 0 Å². The van der Waals surface area contributed by atoms with Crippen molar-refractivity contribution in [1.29, 1.82) is 0 Å². The summed E-state index contributed by atoms with van der Waals surface area (Å²) in [5.41, 5.74) is 9.65. The number of anilines is 2. The van der Waals surface area contributed by atoms with Crippen LogP contribution in [-0.2, 0) is 17.8 Å². The molecule has 9 nitrogen and oxygen atoms in total. The molecule has 1 saturated carbocycles. The number of nitrogens with zero attached hydrogens (tertiary/aromatic N) is 4. The van der Waals surface area contributed by atoms with E-state index in [0.29, 0.717) is 43.7 Å². The maximum absolute atomic E-state index is 5.89. The van der Waals surface area contributed by atoms with Gasteiger partial charge in [0.15, 0.2) is 5.82 Å². The van der Waals surface area contributed by atoms with Crippen LogP contribution in [0.4, 0.5) is 11.8 Å². The van der Waals surface area contributed by atoms with Crippen molar-refractivity contribution in [3.8, 4) is 5.75 Å². The molecule has 2 heterocycles. The van der Waals surface area contributed by atoms with Crippen molar-refractivity contribution in [2.45, 2.75) is 45.3 Å². The summed E-state index contributed by atoms with van der Waals surface area (Å²) < 4.78 is 13.0. The summed E-state index contributed by atoms with van der Waals surface area (Å²) in [6.07, 6.45) is 5.59. The molecule has 0 bridgehead atoms. The molecule has 1 aliphatic carbocycles. The Kier molecular flexibility index (Phi) is 6.83. The number of ether oxygens (including phenoxy) is 2. The summed E-state index contributed by atoms with van der Waals surface area (Å²) in [6.45, 7) is 5.24. The van der Waals surface area contributed by atoms with Crippen molar-refractivity contribution < 1.29 is 9.47 Å². The van der Waals surface area contributed by atoms with Crippen LogP contribution in [-0.4, -0.2) is 52.7 Å². The van der Waals surface area contributed by atoms with E-state index in [4.69, 9.17) is 15.2 Å². The van der Waals surface area contributed by atoms with Gasteiger partial charge in [0.2, 0.25) is 5.95 Å². The second kappa shape index (κ2) is 9.93. The number of fused-ring (bicyclic) bond motifs is 1. The molecule has 166 valence electrons. The minimum Gasteiger partial charge on any atom is -0.496 e. The summed E-state index contributed by atoms with van der Waals surface area (Å²) in [4.78, 5) is 8.71. The maximum Gasteiger partial charge on any atom is 0.222 e. The van der Waals surface area contributed by atoms with E-state index in [1.807, 2.05) is 11.6 Å². The van der Waals surface area contributed by atoms with Crippen LogP contribution < -0.4 is 21.1 Å². The lowest BCUT2D eigenvalue weighted by Gasteiger charge is -2.26. The molecule has 1 aliphatic rings. The summed E-state index contributed by atoms with van der Waals surface area (Å²) in [7, 11) is 1.70. The van der Waals surface area contributed by atoms with Gasteiger partial charge in [-0.05, 0) is 31.4 Å². The summed E-state index contributed by atoms with van der Waals surface area (Å²) in [5, 5.41) is 11.4. The third-order valence-electron chi connectivity index (χ3n) is 5.62. The van der Waals surface area contributed by atoms with Gasteiger partial charge in [-0.15, -0.1) is 0 Å².